The summed E-state index contributed by atoms with van der Waals surface area (Å²) in [5.74, 6) is 0. The van der Waals surface area contributed by atoms with Crippen molar-refractivity contribution >= 4 is 42.6 Å². The molecule has 0 aliphatic carbocycles. The summed E-state index contributed by atoms with van der Waals surface area (Å²) in [6, 6.07) is 6.61. The molecule has 2 aromatic rings. The highest BCUT2D eigenvalue weighted by atomic mass is 79.9. The van der Waals surface area contributed by atoms with Crippen LogP contribution in [0.5, 0.6) is 0 Å². The molecule has 3 rings (SSSR count). The van der Waals surface area contributed by atoms with Crippen molar-refractivity contribution in [2.24, 2.45) is 0 Å². The number of aromatic nitrogens is 1. The third-order valence-corrected chi connectivity index (χ3v) is 4.30. The molecule has 0 bridgehead atoms. The largest absolute Gasteiger partial charge is 0.379 e. The van der Waals surface area contributed by atoms with Crippen LogP contribution in [0.25, 0.3) is 10.2 Å². The van der Waals surface area contributed by atoms with E-state index in [-0.39, 0.29) is 0 Å². The standard InChI is InChI=1S/C12H13BrN2OS/c13-8-3-4-11-10(6-8)15-12(17-11)14-9-2-1-5-16-7-9/h3-4,6,9H,1-2,5,7H2,(H,14,15). The second-order valence-electron chi connectivity index (χ2n) is 4.19. The van der Waals surface area contributed by atoms with Gasteiger partial charge in [-0.2, -0.15) is 0 Å². The lowest BCUT2D eigenvalue weighted by Gasteiger charge is -2.22. The average molecular weight is 313 g/mol. The molecule has 1 fully saturated rings. The molecule has 1 aliphatic rings. The predicted octanol–water partition coefficient (Wildman–Crippen LogP) is 3.65. The molecular formula is C12H13BrN2OS. The van der Waals surface area contributed by atoms with E-state index in [9.17, 15) is 0 Å². The van der Waals surface area contributed by atoms with Crippen molar-refractivity contribution in [3.63, 3.8) is 0 Å². The Morgan fingerprint density at radius 1 is 1.47 bits per heavy atom. The second-order valence-corrected chi connectivity index (χ2v) is 6.14. The molecule has 1 N–H and O–H groups in total. The number of nitrogens with one attached hydrogen (secondary N) is 1. The van der Waals surface area contributed by atoms with E-state index in [4.69, 9.17) is 4.74 Å². The van der Waals surface area contributed by atoms with Crippen LogP contribution in [-0.2, 0) is 4.74 Å². The normalized spacial score (nSPS) is 20.6. The van der Waals surface area contributed by atoms with Gasteiger partial charge in [-0.25, -0.2) is 4.98 Å². The van der Waals surface area contributed by atoms with Crippen molar-refractivity contribution in [3.05, 3.63) is 22.7 Å². The van der Waals surface area contributed by atoms with Gasteiger partial charge < -0.3 is 10.1 Å². The van der Waals surface area contributed by atoms with Gasteiger partial charge in [-0.05, 0) is 31.0 Å². The van der Waals surface area contributed by atoms with Crippen molar-refractivity contribution in [1.82, 2.24) is 4.98 Å². The van der Waals surface area contributed by atoms with E-state index >= 15 is 0 Å². The van der Waals surface area contributed by atoms with Crippen LogP contribution in [-0.4, -0.2) is 24.2 Å². The fraction of sp³-hybridized carbons (Fsp3) is 0.417. The van der Waals surface area contributed by atoms with E-state index in [0.717, 1.165) is 34.8 Å². The Morgan fingerprint density at radius 2 is 2.41 bits per heavy atom. The highest BCUT2D eigenvalue weighted by molar-refractivity contribution is 9.10. The van der Waals surface area contributed by atoms with Gasteiger partial charge in [0.25, 0.3) is 0 Å². The molecule has 3 nitrogen and oxygen atoms in total. The van der Waals surface area contributed by atoms with E-state index < -0.39 is 0 Å². The Balaban J connectivity index is 1.80. The minimum atomic E-state index is 0.410. The molecule has 0 spiro atoms. The van der Waals surface area contributed by atoms with Gasteiger partial charge in [0.1, 0.15) is 0 Å². The molecule has 17 heavy (non-hydrogen) atoms. The zero-order valence-corrected chi connectivity index (χ0v) is 11.7. The number of anilines is 1. The quantitative estimate of drug-likeness (QED) is 0.919. The van der Waals surface area contributed by atoms with Crippen LogP contribution in [0.15, 0.2) is 22.7 Å². The van der Waals surface area contributed by atoms with Crippen LogP contribution in [0, 0.1) is 0 Å². The number of thiazole rings is 1. The van der Waals surface area contributed by atoms with Crippen LogP contribution >= 0.6 is 27.3 Å². The summed E-state index contributed by atoms with van der Waals surface area (Å²) in [6.45, 7) is 1.69. The van der Waals surface area contributed by atoms with Crippen molar-refractivity contribution < 1.29 is 4.74 Å². The first-order valence-corrected chi connectivity index (χ1v) is 7.32. The first kappa shape index (κ1) is 11.4. The molecule has 2 heterocycles. The summed E-state index contributed by atoms with van der Waals surface area (Å²) >= 11 is 5.17. The highest BCUT2D eigenvalue weighted by Crippen LogP contribution is 2.29. The molecule has 1 aromatic carbocycles. The molecule has 0 amide bonds. The van der Waals surface area contributed by atoms with Gasteiger partial charge >= 0.3 is 0 Å². The monoisotopic (exact) mass is 312 g/mol. The van der Waals surface area contributed by atoms with Gasteiger partial charge in [0, 0.05) is 11.1 Å². The van der Waals surface area contributed by atoms with Crippen LogP contribution in [0.1, 0.15) is 12.8 Å². The average Bonchev–Trinajstić information content (AvgIpc) is 2.71. The molecule has 0 radical (unpaired) electrons. The molecule has 1 aliphatic heterocycles. The molecule has 1 atom stereocenters. The Labute approximate surface area is 112 Å². The van der Waals surface area contributed by atoms with E-state index in [1.165, 1.54) is 11.1 Å². The van der Waals surface area contributed by atoms with Crippen molar-refractivity contribution in [3.8, 4) is 0 Å². The smallest absolute Gasteiger partial charge is 0.184 e. The number of halogens is 1. The molecule has 5 heteroatoms. The molecule has 1 saturated heterocycles. The second kappa shape index (κ2) is 4.92. The summed E-state index contributed by atoms with van der Waals surface area (Å²) in [5.41, 5.74) is 1.05. The summed E-state index contributed by atoms with van der Waals surface area (Å²) in [6.07, 6.45) is 2.30. The molecule has 90 valence electrons. The van der Waals surface area contributed by atoms with Crippen LogP contribution in [0.4, 0.5) is 5.13 Å². The summed E-state index contributed by atoms with van der Waals surface area (Å²) < 4.78 is 7.74. The zero-order valence-electron chi connectivity index (χ0n) is 9.28. The maximum Gasteiger partial charge on any atom is 0.184 e. The molecule has 0 saturated carbocycles. The minimum Gasteiger partial charge on any atom is -0.379 e. The molecular weight excluding hydrogens is 300 g/mol. The van der Waals surface area contributed by atoms with Crippen LogP contribution in [0.3, 0.4) is 0 Å². The highest BCUT2D eigenvalue weighted by Gasteiger charge is 2.15. The summed E-state index contributed by atoms with van der Waals surface area (Å²) in [5, 5.41) is 4.45. The Kier molecular flexibility index (Phi) is 3.31. The fourth-order valence-corrected chi connectivity index (χ4v) is 3.26. The van der Waals surface area contributed by atoms with Gasteiger partial charge in [-0.15, -0.1) is 0 Å². The Hall–Kier alpha value is -0.650. The lowest BCUT2D eigenvalue weighted by molar-refractivity contribution is 0.0876. The number of hydrogen-bond donors (Lipinski definition) is 1. The maximum absolute atomic E-state index is 5.45. The first-order chi connectivity index (χ1) is 8.31. The van der Waals surface area contributed by atoms with Crippen molar-refractivity contribution in [2.75, 3.05) is 18.5 Å². The maximum atomic E-state index is 5.45. The number of hydrogen-bond acceptors (Lipinski definition) is 4. The van der Waals surface area contributed by atoms with E-state index in [1.807, 2.05) is 12.1 Å². The summed E-state index contributed by atoms with van der Waals surface area (Å²) in [7, 11) is 0. The predicted molar refractivity (Wildman–Crippen MR) is 74.8 cm³/mol. The van der Waals surface area contributed by atoms with Gasteiger partial charge in [0.15, 0.2) is 5.13 Å². The first-order valence-electron chi connectivity index (χ1n) is 5.71. The third-order valence-electron chi connectivity index (χ3n) is 2.84. The minimum absolute atomic E-state index is 0.410. The zero-order chi connectivity index (χ0) is 11.7. The van der Waals surface area contributed by atoms with E-state index in [2.05, 4.69) is 32.3 Å². The van der Waals surface area contributed by atoms with Crippen LogP contribution < -0.4 is 5.32 Å². The van der Waals surface area contributed by atoms with E-state index in [0.29, 0.717) is 6.04 Å². The third kappa shape index (κ3) is 2.61. The van der Waals surface area contributed by atoms with Gasteiger partial charge in [0.05, 0.1) is 22.9 Å². The molecule has 1 unspecified atom stereocenters. The fourth-order valence-electron chi connectivity index (χ4n) is 1.99. The number of ether oxygens (including phenoxy) is 1. The Morgan fingerprint density at radius 3 is 3.24 bits per heavy atom. The number of benzene rings is 1. The lowest BCUT2D eigenvalue weighted by Crippen LogP contribution is -2.29. The van der Waals surface area contributed by atoms with Crippen molar-refractivity contribution in [2.45, 2.75) is 18.9 Å². The summed E-state index contributed by atoms with van der Waals surface area (Å²) in [4.78, 5) is 4.59. The SMILES string of the molecule is Brc1ccc2sc(NC3CCCOC3)nc2c1. The molecule has 1 aromatic heterocycles. The topological polar surface area (TPSA) is 34.1 Å². The lowest BCUT2D eigenvalue weighted by atomic mass is 10.1. The number of rotatable bonds is 2. The van der Waals surface area contributed by atoms with E-state index in [1.54, 1.807) is 11.3 Å². The van der Waals surface area contributed by atoms with Crippen molar-refractivity contribution in [1.29, 1.82) is 0 Å². The van der Waals surface area contributed by atoms with Gasteiger partial charge in [-0.1, -0.05) is 27.3 Å². The number of nitrogens with zero attached hydrogens (tertiary/aromatic N) is 1. The number of fused-ring (bicyclic) bond motifs is 1. The van der Waals surface area contributed by atoms with Crippen LogP contribution in [0.2, 0.25) is 0 Å². The van der Waals surface area contributed by atoms with Gasteiger partial charge in [0.2, 0.25) is 0 Å². The Bertz CT molecular complexity index is 522. The van der Waals surface area contributed by atoms with Gasteiger partial charge in [-0.3, -0.25) is 0 Å².